The van der Waals surface area contributed by atoms with Gasteiger partial charge in [-0.2, -0.15) is 0 Å². The summed E-state index contributed by atoms with van der Waals surface area (Å²) in [6.07, 6.45) is 3.43. The molecule has 0 aromatic carbocycles. The summed E-state index contributed by atoms with van der Waals surface area (Å²) >= 11 is 0. The number of Topliss-reactive ketones (excluding diaryl/α,β-unsaturated/α-hetero) is 1. The highest BCUT2D eigenvalue weighted by Gasteiger charge is 1.73. The van der Waals surface area contributed by atoms with Crippen molar-refractivity contribution in [2.24, 2.45) is 0 Å². The van der Waals surface area contributed by atoms with Crippen LogP contribution in [0.25, 0.3) is 0 Å². The van der Waals surface area contributed by atoms with Crippen LogP contribution in [0, 0.1) is 11.8 Å². The minimum atomic E-state index is -0.0944. The van der Waals surface area contributed by atoms with Gasteiger partial charge in [0.05, 0.1) is 0 Å². The molecule has 0 saturated carbocycles. The van der Waals surface area contributed by atoms with E-state index in [-0.39, 0.29) is 30.6 Å². The predicted molar refractivity (Wildman–Crippen MR) is 47.8 cm³/mol. The van der Waals surface area contributed by atoms with Gasteiger partial charge in [-0.15, -0.1) is 24.8 Å². The highest BCUT2D eigenvalue weighted by Crippen LogP contribution is 1.65. The molecule has 0 aromatic heterocycles. The van der Waals surface area contributed by atoms with Crippen molar-refractivity contribution in [1.82, 2.24) is 0 Å². The summed E-state index contributed by atoms with van der Waals surface area (Å²) in [6.45, 7) is 3.30. The van der Waals surface area contributed by atoms with Crippen molar-refractivity contribution in [1.29, 1.82) is 0 Å². The minimum Gasteiger partial charge on any atom is -0.285 e. The van der Waals surface area contributed by atoms with E-state index in [9.17, 15) is 4.79 Å². The first-order valence-electron chi connectivity index (χ1n) is 2.40. The summed E-state index contributed by atoms with van der Waals surface area (Å²) in [4.78, 5) is 10.1. The molecular weight excluding hydrogens is 171 g/mol. The van der Waals surface area contributed by atoms with Gasteiger partial charge in [0, 0.05) is 6.92 Å². The molecule has 0 saturated heterocycles. The molecule has 10 heavy (non-hydrogen) atoms. The van der Waals surface area contributed by atoms with Gasteiger partial charge in [-0.05, 0) is 18.9 Å². The lowest BCUT2D eigenvalue weighted by molar-refractivity contribution is -0.111. The maximum Gasteiger partial charge on any atom is 0.202 e. The normalized spacial score (nSPS) is 6.60. The molecular formula is C7H10Cl2O. The van der Waals surface area contributed by atoms with Crippen molar-refractivity contribution in [2.45, 2.75) is 13.8 Å². The zero-order valence-electron chi connectivity index (χ0n) is 5.88. The average Bonchev–Trinajstić information content (AvgIpc) is 1.66. The summed E-state index contributed by atoms with van der Waals surface area (Å²) in [5.41, 5.74) is 0. The fourth-order valence-electron chi connectivity index (χ4n) is 0.227. The number of carbonyl (C=O) groups excluding carboxylic acids is 1. The van der Waals surface area contributed by atoms with E-state index in [0.717, 1.165) is 0 Å². The third kappa shape index (κ3) is 15.6. The number of allylic oxidation sites excluding steroid dienone is 2. The third-order valence-corrected chi connectivity index (χ3v) is 0.498. The maximum absolute atomic E-state index is 10.1. The van der Waals surface area contributed by atoms with E-state index in [0.29, 0.717) is 0 Å². The van der Waals surface area contributed by atoms with Gasteiger partial charge in [-0.25, -0.2) is 0 Å². The topological polar surface area (TPSA) is 17.1 Å². The number of hydrogen-bond acceptors (Lipinski definition) is 1. The van der Waals surface area contributed by atoms with Crippen molar-refractivity contribution >= 4 is 30.6 Å². The average molecular weight is 181 g/mol. The molecule has 0 atom stereocenters. The quantitative estimate of drug-likeness (QED) is 0.412. The van der Waals surface area contributed by atoms with Crippen LogP contribution in [0.15, 0.2) is 12.2 Å². The van der Waals surface area contributed by atoms with Crippen LogP contribution in [0.5, 0.6) is 0 Å². The molecule has 0 fully saturated rings. The summed E-state index contributed by atoms with van der Waals surface area (Å²) < 4.78 is 0. The zero-order valence-corrected chi connectivity index (χ0v) is 7.51. The highest BCUT2D eigenvalue weighted by atomic mass is 35.5. The van der Waals surface area contributed by atoms with Crippen LogP contribution in [0.4, 0.5) is 0 Å². The van der Waals surface area contributed by atoms with E-state index in [1.165, 1.54) is 6.92 Å². The predicted octanol–water partition coefficient (Wildman–Crippen LogP) is 2.00. The number of halogens is 2. The standard InChI is InChI=1S/C7H8O.2ClH/c1-3-4-5-6-7(2)8;;/h3-4H,1-2H3;2*1H. The summed E-state index contributed by atoms with van der Waals surface area (Å²) in [5, 5.41) is 0. The fourth-order valence-corrected chi connectivity index (χ4v) is 0.227. The van der Waals surface area contributed by atoms with E-state index >= 15 is 0 Å². The monoisotopic (exact) mass is 180 g/mol. The zero-order chi connectivity index (χ0) is 6.41. The van der Waals surface area contributed by atoms with Gasteiger partial charge in [0.2, 0.25) is 5.78 Å². The second-order valence-corrected chi connectivity index (χ2v) is 1.33. The van der Waals surface area contributed by atoms with Crippen LogP contribution in [-0.4, -0.2) is 5.78 Å². The van der Waals surface area contributed by atoms with Gasteiger partial charge >= 0.3 is 0 Å². The molecule has 58 valence electrons. The molecule has 0 aliphatic carbocycles. The third-order valence-electron chi connectivity index (χ3n) is 0.498. The van der Waals surface area contributed by atoms with E-state index in [4.69, 9.17) is 0 Å². The lowest BCUT2D eigenvalue weighted by Gasteiger charge is -1.65. The van der Waals surface area contributed by atoms with E-state index in [2.05, 4.69) is 11.8 Å². The first-order chi connectivity index (χ1) is 3.77. The summed E-state index contributed by atoms with van der Waals surface area (Å²) in [7, 11) is 0. The fraction of sp³-hybridized carbons (Fsp3) is 0.286. The van der Waals surface area contributed by atoms with Crippen LogP contribution in [0.2, 0.25) is 0 Å². The molecule has 0 aliphatic rings. The van der Waals surface area contributed by atoms with Crippen LogP contribution >= 0.6 is 24.8 Å². The molecule has 0 unspecified atom stereocenters. The van der Waals surface area contributed by atoms with Gasteiger partial charge in [0.25, 0.3) is 0 Å². The molecule has 1 nitrogen and oxygen atoms in total. The Morgan fingerprint density at radius 1 is 1.40 bits per heavy atom. The Morgan fingerprint density at radius 3 is 2.20 bits per heavy atom. The van der Waals surface area contributed by atoms with Gasteiger partial charge < -0.3 is 0 Å². The molecule has 0 radical (unpaired) electrons. The van der Waals surface area contributed by atoms with Gasteiger partial charge in [0.1, 0.15) is 0 Å². The molecule has 0 aromatic rings. The molecule has 0 N–H and O–H groups in total. The summed E-state index contributed by atoms with van der Waals surface area (Å²) in [5.74, 6) is 4.83. The van der Waals surface area contributed by atoms with Crippen molar-refractivity contribution < 1.29 is 4.79 Å². The van der Waals surface area contributed by atoms with Gasteiger partial charge in [0.15, 0.2) is 0 Å². The first-order valence-corrected chi connectivity index (χ1v) is 2.40. The molecule has 0 rings (SSSR count). The van der Waals surface area contributed by atoms with Crippen molar-refractivity contribution in [3.05, 3.63) is 12.2 Å². The Morgan fingerprint density at radius 2 is 1.90 bits per heavy atom. The smallest absolute Gasteiger partial charge is 0.202 e. The molecule has 0 aliphatic heterocycles. The number of hydrogen-bond donors (Lipinski definition) is 0. The Balaban J connectivity index is -0.000000245. The minimum absolute atomic E-state index is 0. The number of carbonyl (C=O) groups is 1. The maximum atomic E-state index is 10.1. The molecule has 0 heterocycles. The summed E-state index contributed by atoms with van der Waals surface area (Å²) in [6, 6.07) is 0. The number of rotatable bonds is 0. The van der Waals surface area contributed by atoms with Crippen molar-refractivity contribution in [3.8, 4) is 11.8 Å². The molecule has 3 heteroatoms. The van der Waals surface area contributed by atoms with Crippen LogP contribution in [-0.2, 0) is 4.79 Å². The van der Waals surface area contributed by atoms with Crippen LogP contribution in [0.1, 0.15) is 13.8 Å². The second kappa shape index (κ2) is 11.4. The number of ketones is 1. The molecule has 0 bridgehead atoms. The van der Waals surface area contributed by atoms with Gasteiger partial charge in [-0.1, -0.05) is 12.0 Å². The van der Waals surface area contributed by atoms with E-state index in [1.807, 2.05) is 6.92 Å². The lowest BCUT2D eigenvalue weighted by Crippen LogP contribution is -1.78. The lowest BCUT2D eigenvalue weighted by atomic mass is 10.4. The Labute approximate surface area is 73.7 Å². The van der Waals surface area contributed by atoms with Crippen molar-refractivity contribution in [3.63, 3.8) is 0 Å². The second-order valence-electron chi connectivity index (χ2n) is 1.33. The Kier molecular flexibility index (Phi) is 18.5. The Hall–Kier alpha value is -0.450. The molecule has 0 amide bonds. The largest absolute Gasteiger partial charge is 0.285 e. The van der Waals surface area contributed by atoms with Gasteiger partial charge in [-0.3, -0.25) is 4.79 Å². The Bertz CT molecular complexity index is 162. The van der Waals surface area contributed by atoms with Crippen LogP contribution in [0.3, 0.4) is 0 Å². The highest BCUT2D eigenvalue weighted by molar-refractivity contribution is 5.93. The van der Waals surface area contributed by atoms with E-state index in [1.54, 1.807) is 12.2 Å². The van der Waals surface area contributed by atoms with E-state index < -0.39 is 0 Å². The SMILES string of the molecule is CC=CC#CC(C)=O.Cl.Cl. The van der Waals surface area contributed by atoms with Crippen LogP contribution < -0.4 is 0 Å². The first kappa shape index (κ1) is 16.3. The van der Waals surface area contributed by atoms with Crippen molar-refractivity contribution in [2.75, 3.05) is 0 Å². The molecule has 0 spiro atoms.